The molecule has 13 rings (SSSR count). The number of methoxy groups -OCH3 is 1. The minimum atomic E-state index is -0.904. The first-order valence-corrected chi connectivity index (χ1v) is 25.5. The molecule has 10 aliphatic rings. The Bertz CT molecular complexity index is 2410. The van der Waals surface area contributed by atoms with Crippen molar-refractivity contribution < 1.29 is 39.7 Å². The number of nitrogens with two attached hydrogens (primary N) is 1. The second kappa shape index (κ2) is 18.7. The van der Waals surface area contributed by atoms with Gasteiger partial charge < -0.3 is 50.8 Å². The lowest BCUT2D eigenvalue weighted by atomic mass is 9.53. The van der Waals surface area contributed by atoms with E-state index in [9.17, 15) is 25.5 Å². The molecule has 360 valence electrons. The molecule has 11 nitrogen and oxygen atoms in total. The Labute approximate surface area is 396 Å². The van der Waals surface area contributed by atoms with Gasteiger partial charge in [-0.25, -0.2) is 0 Å². The molecule has 2 saturated carbocycles. The van der Waals surface area contributed by atoms with E-state index >= 15 is 0 Å². The number of aliphatic hydroxyl groups is 3. The summed E-state index contributed by atoms with van der Waals surface area (Å²) >= 11 is 0. The van der Waals surface area contributed by atoms with Crippen LogP contribution in [0.1, 0.15) is 125 Å². The van der Waals surface area contributed by atoms with E-state index in [1.807, 2.05) is 24.3 Å². The van der Waals surface area contributed by atoms with E-state index in [4.69, 9.17) is 24.9 Å². The number of phenols is 2. The lowest BCUT2D eigenvalue weighted by molar-refractivity contribution is -0.0584. The number of aliphatic hydroxyl groups excluding tert-OH is 3. The van der Waals surface area contributed by atoms with Crippen LogP contribution in [0.15, 0.2) is 65.7 Å². The van der Waals surface area contributed by atoms with E-state index < -0.39 is 18.3 Å². The fourth-order valence-corrected chi connectivity index (χ4v) is 14.3. The van der Waals surface area contributed by atoms with Crippen molar-refractivity contribution in [1.82, 2.24) is 5.32 Å². The van der Waals surface area contributed by atoms with Crippen molar-refractivity contribution in [3.8, 4) is 39.9 Å². The van der Waals surface area contributed by atoms with Gasteiger partial charge in [-0.3, -0.25) is 4.99 Å². The molecule has 1 spiro atoms. The van der Waals surface area contributed by atoms with Gasteiger partial charge in [0, 0.05) is 48.5 Å². The molecule has 5 aliphatic carbocycles. The molecule has 0 saturated heterocycles. The quantitative estimate of drug-likeness (QED) is 0.125. The van der Waals surface area contributed by atoms with E-state index in [-0.39, 0.29) is 58.9 Å². The molecule has 0 amide bonds. The van der Waals surface area contributed by atoms with Crippen LogP contribution in [0, 0.1) is 46.8 Å². The first-order valence-electron chi connectivity index (χ1n) is 25.5. The number of fused-ring (bicyclic) bond motifs is 2. The van der Waals surface area contributed by atoms with E-state index in [0.717, 1.165) is 84.7 Å². The van der Waals surface area contributed by atoms with Gasteiger partial charge in [-0.2, -0.15) is 0 Å². The maximum Gasteiger partial charge on any atom is 0.188 e. The maximum absolute atomic E-state index is 12.3. The van der Waals surface area contributed by atoms with Crippen LogP contribution >= 0.6 is 0 Å². The highest BCUT2D eigenvalue weighted by Gasteiger charge is 2.58. The van der Waals surface area contributed by atoms with Crippen molar-refractivity contribution in [3.63, 3.8) is 0 Å². The summed E-state index contributed by atoms with van der Waals surface area (Å²) in [4.78, 5) is 4.87. The van der Waals surface area contributed by atoms with Crippen LogP contribution in [-0.2, 0) is 19.3 Å². The zero-order valence-corrected chi connectivity index (χ0v) is 39.9. The number of hydrogen-bond donors (Lipinski definition) is 7. The third-order valence-corrected chi connectivity index (χ3v) is 17.2. The van der Waals surface area contributed by atoms with E-state index in [2.05, 4.69) is 56.5 Å². The van der Waals surface area contributed by atoms with E-state index in [1.165, 1.54) is 0 Å². The van der Waals surface area contributed by atoms with Crippen LogP contribution in [0.3, 0.4) is 0 Å². The molecule has 2 fully saturated rings. The molecular formula is C56H73N3O8. The van der Waals surface area contributed by atoms with Crippen molar-refractivity contribution in [2.75, 3.05) is 20.2 Å². The Hall–Kier alpha value is -4.71. The van der Waals surface area contributed by atoms with Crippen molar-refractivity contribution >= 4 is 5.96 Å². The summed E-state index contributed by atoms with van der Waals surface area (Å²) in [5.74, 6) is 3.89. The number of allylic oxidation sites excluding steroid dienone is 3. The van der Waals surface area contributed by atoms with Gasteiger partial charge in [-0.05, 0) is 164 Å². The number of nitrogens with one attached hydrogen (secondary N) is 1. The molecule has 8 N–H and O–H groups in total. The maximum atomic E-state index is 12.3. The Morgan fingerprint density at radius 1 is 0.881 bits per heavy atom. The van der Waals surface area contributed by atoms with Crippen LogP contribution in [0.4, 0.5) is 0 Å². The summed E-state index contributed by atoms with van der Waals surface area (Å²) in [5.41, 5.74) is 13.3. The smallest absolute Gasteiger partial charge is 0.188 e. The number of aromatic hydroxyl groups is 2. The molecule has 0 aromatic heterocycles. The third-order valence-electron chi connectivity index (χ3n) is 17.2. The molecule has 8 bridgehead atoms. The second-order valence-electron chi connectivity index (χ2n) is 21.8. The highest BCUT2D eigenvalue weighted by Crippen LogP contribution is 2.62. The highest BCUT2D eigenvalue weighted by molar-refractivity contribution is 5.84. The molecule has 3 aromatic rings. The molecule has 13 atom stereocenters. The summed E-state index contributed by atoms with van der Waals surface area (Å²) in [5, 5.41) is 61.1. The standard InChI is InChI=1S/C56H73N3O8/c1-5-31-19-33-11-10-32(31)20-39(60)8-7-17-58-55(57)59-29-35-12-14-38-25-40(61)28-56(38)16-6-9-47(53(35)56)66-49-24-34(13-15-44(49)62)54-46(64)26-43-48(67-54)27-50(65-4)52-42-22-37(18-30(2)3)45(63)23-36(42)21-41(33)51(43)52/h10-15,22-24,27,30-33,35,38-41,46-47,53-54,60-64H,5-9,16-21,25-26,28-29H2,1-4H3,(H3,57,58,59)/t31-,32-,33-,35+,38-,39-,40-,41-,46-,47+,53-,54+,56-/m1/s1. The fourth-order valence-electron chi connectivity index (χ4n) is 14.3. The summed E-state index contributed by atoms with van der Waals surface area (Å²) in [6.45, 7) is 7.66. The van der Waals surface area contributed by atoms with Gasteiger partial charge in [0.1, 0.15) is 29.5 Å². The SMILES string of the molecule is CC[C@@H]1C[C@H]2C=C[C@@H]1C[C@H](O)CCCNC(N)=NC[C@@H]1C=C[C@@H]3C[C@@H](O)C[C@]34CCC[C@H](Oc3cc(ccc3O)[C@@H]3Oc5cc(OC)c6c(c5C[C@H]3O)[C@@H]2Cc2cc(O)c(CC(C)C)cc2-6)[C@@H]14. The summed E-state index contributed by atoms with van der Waals surface area (Å²) < 4.78 is 20.3. The molecular weight excluding hydrogens is 843 g/mol. The zero-order valence-electron chi connectivity index (χ0n) is 39.9. The van der Waals surface area contributed by atoms with E-state index in [1.54, 1.807) is 13.2 Å². The summed E-state index contributed by atoms with van der Waals surface area (Å²) in [6, 6.07) is 11.4. The van der Waals surface area contributed by atoms with Crippen molar-refractivity contribution in [3.05, 3.63) is 88.5 Å². The fraction of sp³-hybridized carbons (Fsp3) is 0.589. The number of phenolic OH excluding ortho intramolecular Hbond substituents is 2. The molecule has 11 heteroatoms. The largest absolute Gasteiger partial charge is 0.508 e. The van der Waals surface area contributed by atoms with Crippen LogP contribution < -0.4 is 25.3 Å². The van der Waals surface area contributed by atoms with Crippen molar-refractivity contribution in [2.45, 2.75) is 141 Å². The molecule has 5 heterocycles. The summed E-state index contributed by atoms with van der Waals surface area (Å²) in [6.07, 6.45) is 16.6. The lowest BCUT2D eigenvalue weighted by Gasteiger charge is -2.53. The second-order valence-corrected chi connectivity index (χ2v) is 21.8. The average molecular weight is 916 g/mol. The lowest BCUT2D eigenvalue weighted by Crippen LogP contribution is -2.52. The minimum absolute atomic E-state index is 0.0109. The molecule has 67 heavy (non-hydrogen) atoms. The monoisotopic (exact) mass is 916 g/mol. The van der Waals surface area contributed by atoms with Crippen molar-refractivity contribution in [2.24, 2.45) is 57.6 Å². The Kier molecular flexibility index (Phi) is 12.8. The van der Waals surface area contributed by atoms with Crippen LogP contribution in [0.25, 0.3) is 11.1 Å². The predicted molar refractivity (Wildman–Crippen MR) is 261 cm³/mol. The zero-order chi connectivity index (χ0) is 46.7. The highest BCUT2D eigenvalue weighted by atomic mass is 16.5. The number of hydrogen-bond acceptors (Lipinski definition) is 11. The van der Waals surface area contributed by atoms with Gasteiger partial charge >= 0.3 is 0 Å². The average Bonchev–Trinajstić information content (AvgIpc) is 3.64. The molecule has 0 radical (unpaired) electrons. The number of rotatable bonds is 4. The van der Waals surface area contributed by atoms with Gasteiger partial charge in [0.15, 0.2) is 17.5 Å². The van der Waals surface area contributed by atoms with Crippen LogP contribution in [-0.4, -0.2) is 76.1 Å². The van der Waals surface area contributed by atoms with Crippen LogP contribution in [0.2, 0.25) is 0 Å². The van der Waals surface area contributed by atoms with Gasteiger partial charge in [-0.1, -0.05) is 57.6 Å². The number of aliphatic imine (C=N–C) groups is 1. The normalized spacial score (nSPS) is 34.5. The molecule has 3 aromatic carbocycles. The first kappa shape index (κ1) is 46.0. The van der Waals surface area contributed by atoms with Crippen LogP contribution in [0.5, 0.6) is 28.7 Å². The first-order chi connectivity index (χ1) is 32.3. The predicted octanol–water partition coefficient (Wildman–Crippen LogP) is 8.81. The van der Waals surface area contributed by atoms with Gasteiger partial charge in [-0.15, -0.1) is 0 Å². The number of guanidine groups is 1. The van der Waals surface area contributed by atoms with Gasteiger partial charge in [0.2, 0.25) is 0 Å². The van der Waals surface area contributed by atoms with Crippen molar-refractivity contribution in [1.29, 1.82) is 0 Å². The number of benzene rings is 3. The summed E-state index contributed by atoms with van der Waals surface area (Å²) in [7, 11) is 1.71. The molecule has 0 unspecified atom stereocenters. The number of nitrogens with zero attached hydrogens (tertiary/aromatic N) is 1. The minimum Gasteiger partial charge on any atom is -0.508 e. The number of ether oxygens (including phenoxy) is 3. The van der Waals surface area contributed by atoms with E-state index in [0.29, 0.717) is 91.6 Å². The third kappa shape index (κ3) is 8.60. The van der Waals surface area contributed by atoms with Gasteiger partial charge in [0.25, 0.3) is 0 Å². The topological polar surface area (TPSA) is 179 Å². The van der Waals surface area contributed by atoms with Gasteiger partial charge in [0.05, 0.1) is 25.4 Å². The Morgan fingerprint density at radius 2 is 1.70 bits per heavy atom. The Morgan fingerprint density at radius 3 is 2.51 bits per heavy atom. The Balaban J connectivity index is 1.07. The molecule has 5 aliphatic heterocycles.